The molecule has 0 aliphatic heterocycles. The van der Waals surface area contributed by atoms with Gasteiger partial charge in [0.15, 0.2) is 5.96 Å². The maximum atomic E-state index is 13.5. The van der Waals surface area contributed by atoms with Crippen LogP contribution in [-0.4, -0.2) is 45.3 Å². The fourth-order valence-corrected chi connectivity index (χ4v) is 5.26. The van der Waals surface area contributed by atoms with Gasteiger partial charge in [-0.15, -0.1) is 0 Å². The van der Waals surface area contributed by atoms with Crippen LogP contribution in [-0.2, 0) is 17.2 Å². The molecule has 0 radical (unpaired) electrons. The number of fused-ring (bicyclic) bond motifs is 1. The minimum Gasteiger partial charge on any atom is -0.361 e. The van der Waals surface area contributed by atoms with Gasteiger partial charge in [0.2, 0.25) is 0 Å². The Morgan fingerprint density at radius 2 is 2.21 bits per heavy atom. The summed E-state index contributed by atoms with van der Waals surface area (Å²) in [4.78, 5) is 7.90. The lowest BCUT2D eigenvalue weighted by atomic mass is 9.95. The van der Waals surface area contributed by atoms with Gasteiger partial charge in [-0.3, -0.25) is 9.20 Å². The van der Waals surface area contributed by atoms with Gasteiger partial charge in [0.05, 0.1) is 0 Å². The first-order chi connectivity index (χ1) is 13.6. The standard InChI is InChI=1S/C21H31FN4OS/c1-3-23-21(26-17-6-5-7-18(13-17)28(27)4-2)24-11-10-15-14-25-20-9-8-16(22)12-19(15)20/h8-9,12,14,17-18,25H,3-7,10-11,13H2,1-2H3,(H2,23,24,26). The summed E-state index contributed by atoms with van der Waals surface area (Å²) in [6.45, 7) is 5.46. The molecule has 5 nitrogen and oxygen atoms in total. The van der Waals surface area contributed by atoms with E-state index in [0.29, 0.717) is 17.8 Å². The van der Waals surface area contributed by atoms with Gasteiger partial charge in [0.25, 0.3) is 0 Å². The van der Waals surface area contributed by atoms with Gasteiger partial charge in [-0.2, -0.15) is 0 Å². The summed E-state index contributed by atoms with van der Waals surface area (Å²) in [5, 5.41) is 8.05. The van der Waals surface area contributed by atoms with Crippen LogP contribution < -0.4 is 10.6 Å². The number of guanidine groups is 1. The predicted molar refractivity (Wildman–Crippen MR) is 116 cm³/mol. The molecule has 3 N–H and O–H groups in total. The Labute approximate surface area is 169 Å². The van der Waals surface area contributed by atoms with Gasteiger partial charge < -0.3 is 15.6 Å². The van der Waals surface area contributed by atoms with Crippen molar-refractivity contribution >= 4 is 27.7 Å². The quantitative estimate of drug-likeness (QED) is 0.487. The summed E-state index contributed by atoms with van der Waals surface area (Å²) in [7, 11) is -0.728. The summed E-state index contributed by atoms with van der Waals surface area (Å²) < 4.78 is 25.7. The zero-order chi connectivity index (χ0) is 19.9. The number of halogens is 1. The largest absolute Gasteiger partial charge is 0.361 e. The molecular formula is C21H31FN4OS. The Morgan fingerprint density at radius 1 is 1.36 bits per heavy atom. The molecule has 0 spiro atoms. The molecule has 3 atom stereocenters. The number of nitrogens with zero attached hydrogens (tertiary/aromatic N) is 1. The molecule has 1 heterocycles. The lowest BCUT2D eigenvalue weighted by molar-refractivity contribution is 0.413. The molecule has 1 aromatic carbocycles. The third kappa shape index (κ3) is 5.34. The van der Waals surface area contributed by atoms with Gasteiger partial charge in [-0.05, 0) is 56.4 Å². The van der Waals surface area contributed by atoms with Gasteiger partial charge in [0, 0.05) is 58.0 Å². The Balaban J connectivity index is 1.60. The number of benzene rings is 1. The number of aromatic amines is 1. The van der Waals surface area contributed by atoms with E-state index < -0.39 is 10.8 Å². The van der Waals surface area contributed by atoms with Crippen molar-refractivity contribution in [3.05, 3.63) is 35.8 Å². The lowest BCUT2D eigenvalue weighted by Gasteiger charge is -2.30. The fourth-order valence-electron chi connectivity index (χ4n) is 3.91. The van der Waals surface area contributed by atoms with Crippen LogP contribution in [0, 0.1) is 5.82 Å². The molecule has 7 heteroatoms. The van der Waals surface area contributed by atoms with E-state index in [0.717, 1.165) is 66.8 Å². The number of aromatic nitrogens is 1. The topological polar surface area (TPSA) is 69.3 Å². The molecule has 2 aromatic rings. The van der Waals surface area contributed by atoms with Crippen LogP contribution in [0.2, 0.25) is 0 Å². The van der Waals surface area contributed by atoms with Crippen LogP contribution >= 0.6 is 0 Å². The van der Waals surface area contributed by atoms with Crippen molar-refractivity contribution in [3.8, 4) is 0 Å². The molecule has 0 bridgehead atoms. The van der Waals surface area contributed by atoms with Crippen LogP contribution in [0.4, 0.5) is 4.39 Å². The highest BCUT2D eigenvalue weighted by molar-refractivity contribution is 7.85. The number of H-pyrrole nitrogens is 1. The molecule has 1 aliphatic carbocycles. The summed E-state index contributed by atoms with van der Waals surface area (Å²) in [5.74, 6) is 1.32. The van der Waals surface area contributed by atoms with E-state index >= 15 is 0 Å². The van der Waals surface area contributed by atoms with Gasteiger partial charge >= 0.3 is 0 Å². The molecule has 1 fully saturated rings. The average Bonchev–Trinajstić information content (AvgIpc) is 3.10. The highest BCUT2D eigenvalue weighted by Crippen LogP contribution is 2.23. The zero-order valence-corrected chi connectivity index (χ0v) is 17.6. The van der Waals surface area contributed by atoms with Gasteiger partial charge in [-0.25, -0.2) is 4.39 Å². The van der Waals surface area contributed by atoms with E-state index in [1.54, 1.807) is 12.1 Å². The number of hydrogen-bond acceptors (Lipinski definition) is 2. The first kappa shape index (κ1) is 20.8. The maximum absolute atomic E-state index is 13.5. The van der Waals surface area contributed by atoms with Crippen molar-refractivity contribution < 1.29 is 8.60 Å². The molecule has 1 aromatic heterocycles. The number of nitrogens with one attached hydrogen (secondary N) is 3. The summed E-state index contributed by atoms with van der Waals surface area (Å²) in [6.07, 6.45) is 6.87. The number of hydrogen-bond donors (Lipinski definition) is 3. The average molecular weight is 407 g/mol. The summed E-state index contributed by atoms with van der Waals surface area (Å²) in [6, 6.07) is 5.12. The third-order valence-electron chi connectivity index (χ3n) is 5.35. The monoisotopic (exact) mass is 406 g/mol. The van der Waals surface area contributed by atoms with Gasteiger partial charge in [0.1, 0.15) is 5.82 Å². The lowest BCUT2D eigenvalue weighted by Crippen LogP contribution is -2.46. The molecule has 1 saturated carbocycles. The Morgan fingerprint density at radius 3 is 3.00 bits per heavy atom. The van der Waals surface area contributed by atoms with Crippen molar-refractivity contribution in [2.45, 2.75) is 57.2 Å². The second-order valence-electron chi connectivity index (χ2n) is 7.31. The first-order valence-electron chi connectivity index (χ1n) is 10.3. The van der Waals surface area contributed by atoms with Crippen molar-refractivity contribution in [2.75, 3.05) is 18.8 Å². The third-order valence-corrected chi connectivity index (χ3v) is 7.09. The highest BCUT2D eigenvalue weighted by Gasteiger charge is 2.26. The van der Waals surface area contributed by atoms with E-state index in [9.17, 15) is 8.60 Å². The molecule has 0 amide bonds. The van der Waals surface area contributed by atoms with Crippen LogP contribution in [0.1, 0.15) is 45.1 Å². The Hall–Kier alpha value is -1.89. The molecule has 3 unspecified atom stereocenters. The van der Waals surface area contributed by atoms with E-state index in [1.165, 1.54) is 6.07 Å². The molecule has 1 aliphatic rings. The second-order valence-corrected chi connectivity index (χ2v) is 9.32. The highest BCUT2D eigenvalue weighted by atomic mass is 32.2. The van der Waals surface area contributed by atoms with Crippen LogP contribution in [0.15, 0.2) is 29.4 Å². The summed E-state index contributed by atoms with van der Waals surface area (Å²) >= 11 is 0. The van der Waals surface area contributed by atoms with Crippen LogP contribution in [0.3, 0.4) is 0 Å². The molecule has 3 rings (SSSR count). The molecule has 154 valence electrons. The molecule has 28 heavy (non-hydrogen) atoms. The number of rotatable bonds is 7. The van der Waals surface area contributed by atoms with E-state index in [-0.39, 0.29) is 5.82 Å². The maximum Gasteiger partial charge on any atom is 0.191 e. The normalized spacial score (nSPS) is 21.6. The predicted octanol–water partition coefficient (Wildman–Crippen LogP) is 3.48. The molecular weight excluding hydrogens is 375 g/mol. The van der Waals surface area contributed by atoms with Gasteiger partial charge in [-0.1, -0.05) is 13.3 Å². The number of aliphatic imine (C=N–C) groups is 1. The van der Waals surface area contributed by atoms with Crippen molar-refractivity contribution in [2.24, 2.45) is 4.99 Å². The zero-order valence-electron chi connectivity index (χ0n) is 16.8. The minimum atomic E-state index is -0.728. The molecule has 0 saturated heterocycles. The SMILES string of the molecule is CCNC(=NCCc1c[nH]c2ccc(F)cc12)NC1CCCC(S(=O)CC)C1. The van der Waals surface area contributed by atoms with E-state index in [1.807, 2.05) is 13.1 Å². The first-order valence-corrected chi connectivity index (χ1v) is 11.7. The van der Waals surface area contributed by atoms with Crippen molar-refractivity contribution in [1.29, 1.82) is 0 Å². The Bertz CT molecular complexity index is 835. The fraction of sp³-hybridized carbons (Fsp3) is 0.571. The van der Waals surface area contributed by atoms with E-state index in [4.69, 9.17) is 4.99 Å². The van der Waals surface area contributed by atoms with Crippen LogP contribution in [0.25, 0.3) is 10.9 Å². The van der Waals surface area contributed by atoms with Crippen molar-refractivity contribution in [1.82, 2.24) is 15.6 Å². The summed E-state index contributed by atoms with van der Waals surface area (Å²) in [5.41, 5.74) is 2.02. The second kappa shape index (κ2) is 10.0. The van der Waals surface area contributed by atoms with Crippen molar-refractivity contribution in [3.63, 3.8) is 0 Å². The van der Waals surface area contributed by atoms with E-state index in [2.05, 4.69) is 22.5 Å². The smallest absolute Gasteiger partial charge is 0.191 e. The Kier molecular flexibility index (Phi) is 7.48. The minimum absolute atomic E-state index is 0.219. The van der Waals surface area contributed by atoms with Crippen LogP contribution in [0.5, 0.6) is 0 Å².